The molecule has 0 atom stereocenters. The SMILES string of the molecule is CC(C)=CC(=O)N1Cc2cn[nH]c2C1. The van der Waals surface area contributed by atoms with Crippen molar-refractivity contribution in [3.8, 4) is 0 Å². The summed E-state index contributed by atoms with van der Waals surface area (Å²) in [6.07, 6.45) is 3.45. The second-order valence-electron chi connectivity index (χ2n) is 3.79. The molecule has 0 radical (unpaired) electrons. The average molecular weight is 191 g/mol. The van der Waals surface area contributed by atoms with Crippen LogP contribution in [0.25, 0.3) is 0 Å². The van der Waals surface area contributed by atoms with Gasteiger partial charge in [0.1, 0.15) is 0 Å². The van der Waals surface area contributed by atoms with Crippen molar-refractivity contribution >= 4 is 5.91 Å². The summed E-state index contributed by atoms with van der Waals surface area (Å²) in [4.78, 5) is 13.4. The van der Waals surface area contributed by atoms with Crippen LogP contribution in [0.2, 0.25) is 0 Å². The fraction of sp³-hybridized carbons (Fsp3) is 0.400. The Morgan fingerprint density at radius 2 is 2.36 bits per heavy atom. The summed E-state index contributed by atoms with van der Waals surface area (Å²) in [7, 11) is 0. The highest BCUT2D eigenvalue weighted by Gasteiger charge is 2.23. The highest BCUT2D eigenvalue weighted by molar-refractivity contribution is 5.88. The van der Waals surface area contributed by atoms with Gasteiger partial charge in [0.25, 0.3) is 0 Å². The molecule has 4 heteroatoms. The molecule has 0 aliphatic carbocycles. The van der Waals surface area contributed by atoms with Gasteiger partial charge in [-0.3, -0.25) is 9.89 Å². The number of aromatic nitrogens is 2. The number of nitrogens with one attached hydrogen (secondary N) is 1. The van der Waals surface area contributed by atoms with Crippen molar-refractivity contribution in [3.63, 3.8) is 0 Å². The Kier molecular flexibility index (Phi) is 2.11. The zero-order valence-corrected chi connectivity index (χ0v) is 8.37. The van der Waals surface area contributed by atoms with Gasteiger partial charge >= 0.3 is 0 Å². The molecule has 0 unspecified atom stereocenters. The number of fused-ring (bicyclic) bond motifs is 1. The third-order valence-corrected chi connectivity index (χ3v) is 2.24. The van der Waals surface area contributed by atoms with Crippen LogP contribution >= 0.6 is 0 Å². The van der Waals surface area contributed by atoms with Crippen molar-refractivity contribution in [1.82, 2.24) is 15.1 Å². The Hall–Kier alpha value is -1.58. The quantitative estimate of drug-likeness (QED) is 0.678. The first kappa shape index (κ1) is 8.99. The van der Waals surface area contributed by atoms with E-state index in [9.17, 15) is 4.79 Å². The zero-order valence-electron chi connectivity index (χ0n) is 8.37. The molecule has 1 amide bonds. The number of hydrogen-bond acceptors (Lipinski definition) is 2. The third kappa shape index (κ3) is 1.55. The van der Waals surface area contributed by atoms with Gasteiger partial charge in [0.05, 0.1) is 18.4 Å². The second kappa shape index (κ2) is 3.29. The number of hydrogen-bond donors (Lipinski definition) is 1. The summed E-state index contributed by atoms with van der Waals surface area (Å²) >= 11 is 0. The highest BCUT2D eigenvalue weighted by Crippen LogP contribution is 2.20. The molecule has 1 aliphatic heterocycles. The molecule has 4 nitrogen and oxygen atoms in total. The maximum absolute atomic E-state index is 11.6. The number of carbonyl (C=O) groups is 1. The first-order chi connectivity index (χ1) is 6.66. The number of amides is 1. The van der Waals surface area contributed by atoms with Crippen LogP contribution in [0.3, 0.4) is 0 Å². The molecule has 1 aromatic heterocycles. The van der Waals surface area contributed by atoms with E-state index in [-0.39, 0.29) is 5.91 Å². The number of aromatic amines is 1. The normalized spacial score (nSPS) is 14.0. The molecular formula is C10H13N3O. The van der Waals surface area contributed by atoms with Crippen molar-refractivity contribution in [1.29, 1.82) is 0 Å². The van der Waals surface area contributed by atoms with Crippen molar-refractivity contribution in [2.75, 3.05) is 0 Å². The van der Waals surface area contributed by atoms with Crippen molar-refractivity contribution in [2.45, 2.75) is 26.9 Å². The van der Waals surface area contributed by atoms with E-state index in [1.807, 2.05) is 13.8 Å². The molecule has 0 bridgehead atoms. The van der Waals surface area contributed by atoms with E-state index in [2.05, 4.69) is 10.2 Å². The van der Waals surface area contributed by atoms with E-state index < -0.39 is 0 Å². The Morgan fingerprint density at radius 1 is 1.57 bits per heavy atom. The molecule has 0 saturated heterocycles. The number of H-pyrrole nitrogens is 1. The van der Waals surface area contributed by atoms with Crippen LogP contribution in [-0.2, 0) is 17.9 Å². The minimum Gasteiger partial charge on any atom is -0.329 e. The van der Waals surface area contributed by atoms with Crippen LogP contribution in [0, 0.1) is 0 Å². The molecule has 0 saturated carbocycles. The van der Waals surface area contributed by atoms with Gasteiger partial charge in [-0.2, -0.15) is 5.10 Å². The molecule has 1 N–H and O–H groups in total. The zero-order chi connectivity index (χ0) is 10.1. The van der Waals surface area contributed by atoms with E-state index >= 15 is 0 Å². The van der Waals surface area contributed by atoms with E-state index in [0.29, 0.717) is 13.1 Å². The molecule has 2 heterocycles. The average Bonchev–Trinajstić information content (AvgIpc) is 2.58. The molecule has 0 fully saturated rings. The topological polar surface area (TPSA) is 49.0 Å². The van der Waals surface area contributed by atoms with Crippen molar-refractivity contribution in [2.24, 2.45) is 0 Å². The van der Waals surface area contributed by atoms with Gasteiger partial charge < -0.3 is 4.90 Å². The fourth-order valence-electron chi connectivity index (χ4n) is 1.56. The molecule has 1 aromatic rings. The van der Waals surface area contributed by atoms with Gasteiger partial charge in [-0.25, -0.2) is 0 Å². The number of carbonyl (C=O) groups excluding carboxylic acids is 1. The third-order valence-electron chi connectivity index (χ3n) is 2.24. The van der Waals surface area contributed by atoms with Crippen LogP contribution in [0.1, 0.15) is 25.1 Å². The Morgan fingerprint density at radius 3 is 3.00 bits per heavy atom. The summed E-state index contributed by atoms with van der Waals surface area (Å²) in [5.41, 5.74) is 3.21. The standard InChI is InChI=1S/C10H13N3O/c1-7(2)3-10(14)13-5-8-4-11-12-9(8)6-13/h3-4H,5-6H2,1-2H3,(H,11,12). The van der Waals surface area contributed by atoms with Crippen molar-refractivity contribution < 1.29 is 4.79 Å². The number of nitrogens with zero attached hydrogens (tertiary/aromatic N) is 2. The van der Waals surface area contributed by atoms with Gasteiger partial charge in [0.2, 0.25) is 5.91 Å². The van der Waals surface area contributed by atoms with Crippen LogP contribution in [-0.4, -0.2) is 21.0 Å². The maximum Gasteiger partial charge on any atom is 0.247 e. The summed E-state index contributed by atoms with van der Waals surface area (Å²) < 4.78 is 0. The Balaban J connectivity index is 2.08. The van der Waals surface area contributed by atoms with E-state index in [0.717, 1.165) is 16.8 Å². The van der Waals surface area contributed by atoms with Crippen LogP contribution in [0.4, 0.5) is 0 Å². The Bertz CT molecular complexity index is 367. The van der Waals surface area contributed by atoms with E-state index in [4.69, 9.17) is 0 Å². The van der Waals surface area contributed by atoms with E-state index in [1.54, 1.807) is 17.2 Å². The summed E-state index contributed by atoms with van der Waals surface area (Å²) in [5.74, 6) is 0.0783. The van der Waals surface area contributed by atoms with Crippen molar-refractivity contribution in [3.05, 3.63) is 29.1 Å². The minimum atomic E-state index is 0.0783. The van der Waals surface area contributed by atoms with Gasteiger partial charge in [-0.05, 0) is 13.8 Å². The van der Waals surface area contributed by atoms with Gasteiger partial charge in [0, 0.05) is 18.2 Å². The minimum absolute atomic E-state index is 0.0783. The van der Waals surface area contributed by atoms with Gasteiger partial charge in [-0.1, -0.05) is 5.57 Å². The first-order valence-corrected chi connectivity index (χ1v) is 4.62. The predicted octanol–water partition coefficient (Wildman–Crippen LogP) is 1.22. The Labute approximate surface area is 82.6 Å². The lowest BCUT2D eigenvalue weighted by Gasteiger charge is -2.12. The summed E-state index contributed by atoms with van der Waals surface area (Å²) in [6.45, 7) is 5.18. The van der Waals surface area contributed by atoms with Gasteiger partial charge in [-0.15, -0.1) is 0 Å². The lowest BCUT2D eigenvalue weighted by atomic mass is 10.3. The summed E-state index contributed by atoms with van der Waals surface area (Å²) in [5, 5.41) is 6.81. The molecule has 14 heavy (non-hydrogen) atoms. The smallest absolute Gasteiger partial charge is 0.247 e. The van der Waals surface area contributed by atoms with Gasteiger partial charge in [0.15, 0.2) is 0 Å². The molecule has 74 valence electrons. The second-order valence-corrected chi connectivity index (χ2v) is 3.79. The highest BCUT2D eigenvalue weighted by atomic mass is 16.2. The number of allylic oxidation sites excluding steroid dienone is 1. The summed E-state index contributed by atoms with van der Waals surface area (Å²) in [6, 6.07) is 0. The molecule has 0 spiro atoms. The number of rotatable bonds is 1. The van der Waals surface area contributed by atoms with Crippen LogP contribution < -0.4 is 0 Å². The molecule has 1 aliphatic rings. The molecule has 2 rings (SSSR count). The molecule has 0 aromatic carbocycles. The van der Waals surface area contributed by atoms with Crippen LogP contribution in [0.5, 0.6) is 0 Å². The van der Waals surface area contributed by atoms with Crippen LogP contribution in [0.15, 0.2) is 17.8 Å². The fourth-order valence-corrected chi connectivity index (χ4v) is 1.56. The van der Waals surface area contributed by atoms with E-state index in [1.165, 1.54) is 0 Å². The monoisotopic (exact) mass is 191 g/mol. The lowest BCUT2D eigenvalue weighted by molar-refractivity contribution is -0.126. The predicted molar refractivity (Wildman–Crippen MR) is 52.3 cm³/mol. The largest absolute Gasteiger partial charge is 0.329 e. The lowest BCUT2D eigenvalue weighted by Crippen LogP contribution is -2.23. The maximum atomic E-state index is 11.6. The first-order valence-electron chi connectivity index (χ1n) is 4.62. The molecular weight excluding hydrogens is 178 g/mol.